The van der Waals surface area contributed by atoms with Gasteiger partial charge in [-0.3, -0.25) is 9.88 Å². The molecule has 25 heavy (non-hydrogen) atoms. The Balaban J connectivity index is 1.42. The predicted octanol–water partition coefficient (Wildman–Crippen LogP) is 3.43. The molecule has 3 aromatic rings. The summed E-state index contributed by atoms with van der Waals surface area (Å²) in [5.74, 6) is 0. The van der Waals surface area contributed by atoms with Gasteiger partial charge in [0.15, 0.2) is 0 Å². The van der Waals surface area contributed by atoms with Crippen LogP contribution in [0.2, 0.25) is 0 Å². The van der Waals surface area contributed by atoms with Gasteiger partial charge in [0.25, 0.3) is 0 Å². The number of hydrogen-bond acceptors (Lipinski definition) is 4. The molecule has 1 aliphatic heterocycles. The molecular formula is C21H20N4. The number of aromatic nitrogens is 1. The van der Waals surface area contributed by atoms with Crippen molar-refractivity contribution in [3.8, 4) is 6.07 Å². The second kappa shape index (κ2) is 6.92. The second-order valence-electron chi connectivity index (χ2n) is 6.39. The maximum Gasteiger partial charge on any atom is 0.101 e. The summed E-state index contributed by atoms with van der Waals surface area (Å²) in [5, 5.41) is 10.5. The minimum absolute atomic E-state index is 0.757. The normalized spacial score (nSPS) is 15.2. The molecule has 1 fully saturated rings. The van der Waals surface area contributed by atoms with Crippen molar-refractivity contribution in [1.82, 2.24) is 9.88 Å². The Kier molecular flexibility index (Phi) is 4.32. The molecule has 1 aliphatic rings. The Morgan fingerprint density at radius 2 is 1.64 bits per heavy atom. The summed E-state index contributed by atoms with van der Waals surface area (Å²) in [6, 6.07) is 22.7. The van der Waals surface area contributed by atoms with E-state index in [0.717, 1.165) is 55.2 Å². The Hall–Kier alpha value is -2.90. The Morgan fingerprint density at radius 1 is 0.880 bits per heavy atom. The summed E-state index contributed by atoms with van der Waals surface area (Å²) in [6.45, 7) is 4.71. The van der Waals surface area contributed by atoms with Crippen LogP contribution in [0.5, 0.6) is 0 Å². The molecule has 0 radical (unpaired) electrons. The highest BCUT2D eigenvalue weighted by molar-refractivity contribution is 5.78. The van der Waals surface area contributed by atoms with Gasteiger partial charge in [0.1, 0.15) is 6.07 Å². The first-order valence-corrected chi connectivity index (χ1v) is 8.64. The van der Waals surface area contributed by atoms with Gasteiger partial charge >= 0.3 is 0 Å². The largest absolute Gasteiger partial charge is 0.368 e. The monoisotopic (exact) mass is 328 g/mol. The fraction of sp³-hybridized carbons (Fsp3) is 0.238. The average Bonchev–Trinajstić information content (AvgIpc) is 2.68. The zero-order valence-corrected chi connectivity index (χ0v) is 14.1. The number of fused-ring (bicyclic) bond motifs is 1. The van der Waals surface area contributed by atoms with Crippen LogP contribution in [0, 0.1) is 11.3 Å². The van der Waals surface area contributed by atoms with Gasteiger partial charge < -0.3 is 4.90 Å². The van der Waals surface area contributed by atoms with E-state index in [-0.39, 0.29) is 0 Å². The molecular weight excluding hydrogens is 308 g/mol. The molecule has 0 saturated carbocycles. The summed E-state index contributed by atoms with van der Waals surface area (Å²) in [6.07, 6.45) is 0. The lowest BCUT2D eigenvalue weighted by Gasteiger charge is -2.36. The van der Waals surface area contributed by atoms with E-state index in [2.05, 4.69) is 40.1 Å². The molecule has 4 nitrogen and oxygen atoms in total. The van der Waals surface area contributed by atoms with E-state index in [4.69, 9.17) is 4.98 Å². The number of nitriles is 1. The maximum absolute atomic E-state index is 9.29. The number of piperazine rings is 1. The highest BCUT2D eigenvalue weighted by atomic mass is 15.3. The summed E-state index contributed by atoms with van der Waals surface area (Å²) in [4.78, 5) is 9.52. The number of anilines is 1. The SMILES string of the molecule is N#Cc1ccccc1N1CCN(Cc2ccc3ccccc3n2)CC1. The van der Waals surface area contributed by atoms with Crippen molar-refractivity contribution < 1.29 is 0 Å². The fourth-order valence-corrected chi connectivity index (χ4v) is 3.42. The molecule has 0 unspecified atom stereocenters. The van der Waals surface area contributed by atoms with Gasteiger partial charge in [-0.2, -0.15) is 5.26 Å². The summed E-state index contributed by atoms with van der Waals surface area (Å²) in [7, 11) is 0. The fourth-order valence-electron chi connectivity index (χ4n) is 3.42. The molecule has 124 valence electrons. The van der Waals surface area contributed by atoms with Crippen LogP contribution in [0.4, 0.5) is 5.69 Å². The lowest BCUT2D eigenvalue weighted by atomic mass is 10.1. The zero-order chi connectivity index (χ0) is 17.1. The van der Waals surface area contributed by atoms with E-state index in [1.165, 1.54) is 5.39 Å². The number of rotatable bonds is 3. The van der Waals surface area contributed by atoms with Crippen LogP contribution < -0.4 is 4.90 Å². The lowest BCUT2D eigenvalue weighted by molar-refractivity contribution is 0.247. The lowest BCUT2D eigenvalue weighted by Crippen LogP contribution is -2.46. The van der Waals surface area contributed by atoms with Crippen LogP contribution in [-0.4, -0.2) is 36.1 Å². The minimum atomic E-state index is 0.757. The summed E-state index contributed by atoms with van der Waals surface area (Å²) in [5.41, 5.74) is 3.98. The molecule has 4 heteroatoms. The Labute approximate surface area is 147 Å². The van der Waals surface area contributed by atoms with Gasteiger partial charge in [-0.25, -0.2) is 0 Å². The van der Waals surface area contributed by atoms with Crippen molar-refractivity contribution in [2.45, 2.75) is 6.54 Å². The highest BCUT2D eigenvalue weighted by Gasteiger charge is 2.19. The summed E-state index contributed by atoms with van der Waals surface area (Å²) >= 11 is 0. The topological polar surface area (TPSA) is 43.2 Å². The van der Waals surface area contributed by atoms with Gasteiger partial charge in [0.05, 0.1) is 22.5 Å². The van der Waals surface area contributed by atoms with E-state index in [1.807, 2.05) is 36.4 Å². The van der Waals surface area contributed by atoms with Crippen LogP contribution in [0.25, 0.3) is 10.9 Å². The minimum Gasteiger partial charge on any atom is -0.368 e. The predicted molar refractivity (Wildman–Crippen MR) is 100 cm³/mol. The average molecular weight is 328 g/mol. The number of hydrogen-bond donors (Lipinski definition) is 0. The molecule has 0 bridgehead atoms. The first kappa shape index (κ1) is 15.6. The van der Waals surface area contributed by atoms with Gasteiger partial charge in [0.2, 0.25) is 0 Å². The molecule has 2 aromatic carbocycles. The van der Waals surface area contributed by atoms with Crippen LogP contribution >= 0.6 is 0 Å². The van der Waals surface area contributed by atoms with E-state index in [1.54, 1.807) is 0 Å². The van der Waals surface area contributed by atoms with Gasteiger partial charge in [0, 0.05) is 38.1 Å². The third-order valence-corrected chi connectivity index (χ3v) is 4.78. The number of para-hydroxylation sites is 2. The third kappa shape index (κ3) is 3.33. The third-order valence-electron chi connectivity index (χ3n) is 4.78. The van der Waals surface area contributed by atoms with Crippen molar-refractivity contribution in [3.63, 3.8) is 0 Å². The van der Waals surface area contributed by atoms with E-state index in [0.29, 0.717) is 0 Å². The standard InChI is InChI=1S/C21H20N4/c22-15-18-6-2-4-8-21(18)25-13-11-24(12-14-25)16-19-10-9-17-5-1-3-7-20(17)23-19/h1-10H,11-14,16H2. The molecule has 0 amide bonds. The Morgan fingerprint density at radius 3 is 2.48 bits per heavy atom. The van der Waals surface area contributed by atoms with Gasteiger partial charge in [-0.05, 0) is 24.3 Å². The zero-order valence-electron chi connectivity index (χ0n) is 14.1. The van der Waals surface area contributed by atoms with Crippen LogP contribution in [-0.2, 0) is 6.54 Å². The number of nitrogens with zero attached hydrogens (tertiary/aromatic N) is 4. The van der Waals surface area contributed by atoms with Crippen molar-refractivity contribution in [3.05, 3.63) is 71.9 Å². The first-order valence-electron chi connectivity index (χ1n) is 8.64. The molecule has 1 aromatic heterocycles. The number of pyridine rings is 1. The molecule has 2 heterocycles. The molecule has 0 aliphatic carbocycles. The molecule has 4 rings (SSSR count). The molecule has 0 atom stereocenters. The second-order valence-corrected chi connectivity index (χ2v) is 6.39. The van der Waals surface area contributed by atoms with Crippen LogP contribution in [0.15, 0.2) is 60.7 Å². The highest BCUT2D eigenvalue weighted by Crippen LogP contribution is 2.21. The number of benzene rings is 2. The van der Waals surface area contributed by atoms with Crippen molar-refractivity contribution in [2.24, 2.45) is 0 Å². The molecule has 0 N–H and O–H groups in total. The molecule has 0 spiro atoms. The van der Waals surface area contributed by atoms with E-state index >= 15 is 0 Å². The van der Waals surface area contributed by atoms with E-state index in [9.17, 15) is 5.26 Å². The van der Waals surface area contributed by atoms with E-state index < -0.39 is 0 Å². The van der Waals surface area contributed by atoms with Gasteiger partial charge in [-0.1, -0.05) is 36.4 Å². The molecule has 1 saturated heterocycles. The van der Waals surface area contributed by atoms with Crippen LogP contribution in [0.3, 0.4) is 0 Å². The van der Waals surface area contributed by atoms with Crippen molar-refractivity contribution in [2.75, 3.05) is 31.1 Å². The smallest absolute Gasteiger partial charge is 0.101 e. The first-order chi connectivity index (χ1) is 12.3. The Bertz CT molecular complexity index is 920. The quantitative estimate of drug-likeness (QED) is 0.739. The maximum atomic E-state index is 9.29. The summed E-state index contributed by atoms with van der Waals surface area (Å²) < 4.78 is 0. The van der Waals surface area contributed by atoms with Crippen LogP contribution in [0.1, 0.15) is 11.3 Å². The van der Waals surface area contributed by atoms with Crippen molar-refractivity contribution in [1.29, 1.82) is 5.26 Å². The van der Waals surface area contributed by atoms with Crippen molar-refractivity contribution >= 4 is 16.6 Å². The van der Waals surface area contributed by atoms with Gasteiger partial charge in [-0.15, -0.1) is 0 Å².